The Morgan fingerprint density at radius 1 is 1.47 bits per heavy atom. The van der Waals surface area contributed by atoms with Crippen molar-refractivity contribution in [3.63, 3.8) is 0 Å². The van der Waals surface area contributed by atoms with E-state index >= 15 is 0 Å². The summed E-state index contributed by atoms with van der Waals surface area (Å²) in [5.41, 5.74) is 0. The predicted molar refractivity (Wildman–Crippen MR) is 64.3 cm³/mol. The van der Waals surface area contributed by atoms with Crippen LogP contribution in [-0.2, 0) is 4.74 Å². The highest BCUT2D eigenvalue weighted by molar-refractivity contribution is 8.00. The van der Waals surface area contributed by atoms with Crippen LogP contribution in [0.4, 0.5) is 0 Å². The standard InChI is InChI=1S/C12H22O2S/c1-12(5-2-8-15-12)11(13)9-10-3-6-14-7-4-10/h10-11,13H,2-9H2,1H3. The number of aliphatic hydroxyl groups is 1. The Morgan fingerprint density at radius 3 is 2.80 bits per heavy atom. The summed E-state index contributed by atoms with van der Waals surface area (Å²) in [7, 11) is 0. The van der Waals surface area contributed by atoms with Crippen molar-refractivity contribution in [2.45, 2.75) is 49.9 Å². The van der Waals surface area contributed by atoms with E-state index in [1.165, 1.54) is 18.6 Å². The van der Waals surface area contributed by atoms with Gasteiger partial charge in [0, 0.05) is 18.0 Å². The van der Waals surface area contributed by atoms with Crippen LogP contribution >= 0.6 is 11.8 Å². The molecule has 2 nitrogen and oxygen atoms in total. The Labute approximate surface area is 96.8 Å². The lowest BCUT2D eigenvalue weighted by Gasteiger charge is -2.33. The minimum atomic E-state index is -0.118. The van der Waals surface area contributed by atoms with E-state index in [-0.39, 0.29) is 10.9 Å². The van der Waals surface area contributed by atoms with Gasteiger partial charge in [-0.15, -0.1) is 0 Å². The van der Waals surface area contributed by atoms with Crippen LogP contribution in [0.15, 0.2) is 0 Å². The van der Waals surface area contributed by atoms with Crippen LogP contribution < -0.4 is 0 Å². The van der Waals surface area contributed by atoms with Gasteiger partial charge in [0.1, 0.15) is 0 Å². The van der Waals surface area contributed by atoms with Gasteiger partial charge in [0.2, 0.25) is 0 Å². The molecule has 0 spiro atoms. The number of hydrogen-bond acceptors (Lipinski definition) is 3. The Balaban J connectivity index is 1.82. The maximum Gasteiger partial charge on any atom is 0.0686 e. The van der Waals surface area contributed by atoms with Gasteiger partial charge in [0.05, 0.1) is 6.10 Å². The summed E-state index contributed by atoms with van der Waals surface area (Å²) in [6, 6.07) is 0. The molecule has 2 aliphatic rings. The van der Waals surface area contributed by atoms with Crippen molar-refractivity contribution in [1.29, 1.82) is 0 Å². The summed E-state index contributed by atoms with van der Waals surface area (Å²) in [5.74, 6) is 1.91. The van der Waals surface area contributed by atoms with Crippen molar-refractivity contribution < 1.29 is 9.84 Å². The second-order valence-electron chi connectivity index (χ2n) is 5.07. The molecule has 2 fully saturated rings. The molecule has 0 bridgehead atoms. The summed E-state index contributed by atoms with van der Waals surface area (Å²) in [6.45, 7) is 4.01. The van der Waals surface area contributed by atoms with Crippen molar-refractivity contribution in [1.82, 2.24) is 0 Å². The van der Waals surface area contributed by atoms with E-state index in [4.69, 9.17) is 4.74 Å². The molecule has 0 amide bonds. The number of aliphatic hydroxyl groups excluding tert-OH is 1. The second kappa shape index (κ2) is 5.07. The first-order chi connectivity index (χ1) is 7.21. The first-order valence-corrected chi connectivity index (χ1v) is 7.09. The quantitative estimate of drug-likeness (QED) is 0.807. The average Bonchev–Trinajstić information content (AvgIpc) is 2.68. The van der Waals surface area contributed by atoms with Gasteiger partial charge in [-0.05, 0) is 50.7 Å². The molecule has 15 heavy (non-hydrogen) atoms. The van der Waals surface area contributed by atoms with Gasteiger partial charge in [-0.2, -0.15) is 11.8 Å². The van der Waals surface area contributed by atoms with Gasteiger partial charge in [-0.3, -0.25) is 0 Å². The number of thioether (sulfide) groups is 1. The van der Waals surface area contributed by atoms with E-state index in [1.807, 2.05) is 11.8 Å². The van der Waals surface area contributed by atoms with E-state index < -0.39 is 0 Å². The molecule has 0 aromatic rings. The SMILES string of the molecule is CC1(C(O)CC2CCOCC2)CCCS1. The van der Waals surface area contributed by atoms with Crippen molar-refractivity contribution in [3.05, 3.63) is 0 Å². The van der Waals surface area contributed by atoms with E-state index in [1.54, 1.807) is 0 Å². The molecular formula is C12H22O2S. The van der Waals surface area contributed by atoms with Gasteiger partial charge in [-0.25, -0.2) is 0 Å². The Bertz CT molecular complexity index is 196. The van der Waals surface area contributed by atoms with Gasteiger partial charge >= 0.3 is 0 Å². The zero-order chi connectivity index (χ0) is 10.7. The molecule has 0 aromatic carbocycles. The minimum absolute atomic E-state index is 0.118. The zero-order valence-corrected chi connectivity index (χ0v) is 10.4. The monoisotopic (exact) mass is 230 g/mol. The summed E-state index contributed by atoms with van der Waals surface area (Å²) < 4.78 is 5.48. The summed E-state index contributed by atoms with van der Waals surface area (Å²) in [5, 5.41) is 10.3. The highest BCUT2D eigenvalue weighted by Crippen LogP contribution is 2.42. The normalized spacial score (nSPS) is 35.6. The zero-order valence-electron chi connectivity index (χ0n) is 9.58. The molecule has 0 aromatic heterocycles. The lowest BCUT2D eigenvalue weighted by atomic mass is 9.87. The predicted octanol–water partition coefficient (Wildman–Crippen LogP) is 2.45. The minimum Gasteiger partial charge on any atom is -0.392 e. The van der Waals surface area contributed by atoms with E-state index in [0.717, 1.165) is 32.5 Å². The van der Waals surface area contributed by atoms with Crippen molar-refractivity contribution in [2.24, 2.45) is 5.92 Å². The molecule has 2 saturated heterocycles. The molecular weight excluding hydrogens is 208 g/mol. The van der Waals surface area contributed by atoms with Crippen LogP contribution in [0, 0.1) is 5.92 Å². The van der Waals surface area contributed by atoms with Crippen LogP contribution in [0.2, 0.25) is 0 Å². The first-order valence-electron chi connectivity index (χ1n) is 6.10. The Kier molecular flexibility index (Phi) is 3.97. The molecule has 0 saturated carbocycles. The third kappa shape index (κ3) is 2.89. The topological polar surface area (TPSA) is 29.5 Å². The molecule has 0 radical (unpaired) electrons. The smallest absolute Gasteiger partial charge is 0.0686 e. The van der Waals surface area contributed by atoms with Gasteiger partial charge in [0.25, 0.3) is 0 Å². The van der Waals surface area contributed by atoms with Crippen LogP contribution in [0.25, 0.3) is 0 Å². The van der Waals surface area contributed by atoms with Crippen molar-refractivity contribution in [2.75, 3.05) is 19.0 Å². The van der Waals surface area contributed by atoms with Crippen LogP contribution in [0.1, 0.15) is 39.0 Å². The lowest BCUT2D eigenvalue weighted by molar-refractivity contribution is 0.0353. The molecule has 3 heteroatoms. The first kappa shape index (κ1) is 11.7. The largest absolute Gasteiger partial charge is 0.392 e. The number of ether oxygens (including phenoxy) is 1. The van der Waals surface area contributed by atoms with Crippen molar-refractivity contribution in [3.8, 4) is 0 Å². The third-order valence-corrected chi connectivity index (χ3v) is 5.48. The maximum atomic E-state index is 10.3. The van der Waals surface area contributed by atoms with Crippen molar-refractivity contribution >= 4 is 11.8 Å². The molecule has 2 aliphatic heterocycles. The van der Waals surface area contributed by atoms with Crippen LogP contribution in [-0.4, -0.2) is 34.9 Å². The number of rotatable bonds is 3. The van der Waals surface area contributed by atoms with Crippen LogP contribution in [0.3, 0.4) is 0 Å². The van der Waals surface area contributed by atoms with E-state index in [2.05, 4.69) is 6.92 Å². The van der Waals surface area contributed by atoms with Gasteiger partial charge in [0.15, 0.2) is 0 Å². The second-order valence-corrected chi connectivity index (χ2v) is 6.70. The summed E-state index contributed by atoms with van der Waals surface area (Å²) in [4.78, 5) is 0. The fourth-order valence-corrected chi connectivity index (χ4v) is 3.94. The summed E-state index contributed by atoms with van der Waals surface area (Å²) >= 11 is 1.96. The molecule has 2 unspecified atom stereocenters. The summed E-state index contributed by atoms with van der Waals surface area (Å²) in [6.07, 6.45) is 5.59. The van der Waals surface area contributed by atoms with Gasteiger partial charge in [-0.1, -0.05) is 0 Å². The van der Waals surface area contributed by atoms with Crippen LogP contribution in [0.5, 0.6) is 0 Å². The Hall–Kier alpha value is 0.270. The van der Waals surface area contributed by atoms with Gasteiger partial charge < -0.3 is 9.84 Å². The number of hydrogen-bond donors (Lipinski definition) is 1. The highest BCUT2D eigenvalue weighted by Gasteiger charge is 2.37. The third-order valence-electron chi connectivity index (χ3n) is 3.85. The average molecular weight is 230 g/mol. The molecule has 88 valence electrons. The fraction of sp³-hybridized carbons (Fsp3) is 1.00. The van der Waals surface area contributed by atoms with E-state index in [9.17, 15) is 5.11 Å². The fourth-order valence-electron chi connectivity index (χ4n) is 2.61. The van der Waals surface area contributed by atoms with E-state index in [0.29, 0.717) is 5.92 Å². The molecule has 0 aliphatic carbocycles. The molecule has 2 rings (SSSR count). The molecule has 1 N–H and O–H groups in total. The lowest BCUT2D eigenvalue weighted by Crippen LogP contribution is -2.36. The Morgan fingerprint density at radius 2 is 2.20 bits per heavy atom. The molecule has 2 heterocycles. The molecule has 2 atom stereocenters. The highest BCUT2D eigenvalue weighted by atomic mass is 32.2. The maximum absolute atomic E-state index is 10.3.